The van der Waals surface area contributed by atoms with E-state index in [1.54, 1.807) is 6.07 Å². The molecule has 4 nitrogen and oxygen atoms in total. The fourth-order valence-electron chi connectivity index (χ4n) is 2.37. The Bertz CT molecular complexity index is 410. The zero-order valence-corrected chi connectivity index (χ0v) is 9.15. The summed E-state index contributed by atoms with van der Waals surface area (Å²) in [7, 11) is -1.57. The van der Waals surface area contributed by atoms with Gasteiger partial charge in [-0.15, -0.1) is 0 Å². The summed E-state index contributed by atoms with van der Waals surface area (Å²) in [6.07, 6.45) is 5.75. The fourth-order valence-corrected chi connectivity index (χ4v) is 2.37. The van der Waals surface area contributed by atoms with Crippen molar-refractivity contribution in [3.8, 4) is 0 Å². The number of rotatable bonds is 2. The van der Waals surface area contributed by atoms with Gasteiger partial charge in [-0.1, -0.05) is 19.3 Å². The molecular weight excluding hydrogens is 205 g/mol. The van der Waals surface area contributed by atoms with Gasteiger partial charge >= 0.3 is 7.12 Å². The van der Waals surface area contributed by atoms with Gasteiger partial charge in [-0.2, -0.15) is 0 Å². The lowest BCUT2D eigenvalue weighted by Gasteiger charge is -2.21. The van der Waals surface area contributed by atoms with E-state index in [1.165, 1.54) is 25.3 Å². The Morgan fingerprint density at radius 3 is 2.50 bits per heavy atom. The molecule has 0 aliphatic heterocycles. The van der Waals surface area contributed by atoms with Crippen LogP contribution in [0.1, 0.15) is 43.7 Å². The topological polar surface area (TPSA) is 73.3 Å². The van der Waals surface area contributed by atoms with Gasteiger partial charge in [0.1, 0.15) is 0 Å². The van der Waals surface area contributed by atoms with Crippen LogP contribution in [0.2, 0.25) is 0 Å². The number of H-pyrrole nitrogens is 1. The smallest absolute Gasteiger partial charge is 0.423 e. The Labute approximate surface area is 94.5 Å². The largest absolute Gasteiger partial charge is 0.488 e. The van der Waals surface area contributed by atoms with E-state index in [4.69, 9.17) is 10.0 Å². The van der Waals surface area contributed by atoms with Crippen LogP contribution in [0, 0.1) is 0 Å². The first-order valence-corrected chi connectivity index (χ1v) is 5.77. The van der Waals surface area contributed by atoms with Crippen LogP contribution >= 0.6 is 0 Å². The average Bonchev–Trinajstić information content (AvgIpc) is 2.29. The molecular formula is C11H16BNO3. The molecule has 0 spiro atoms. The van der Waals surface area contributed by atoms with Gasteiger partial charge in [0.05, 0.1) is 0 Å². The maximum Gasteiger partial charge on any atom is 0.488 e. The second-order valence-corrected chi connectivity index (χ2v) is 4.44. The number of hydrogen-bond donors (Lipinski definition) is 3. The second kappa shape index (κ2) is 4.85. The summed E-state index contributed by atoms with van der Waals surface area (Å²) >= 11 is 0. The van der Waals surface area contributed by atoms with Gasteiger partial charge in [0.2, 0.25) is 5.56 Å². The Morgan fingerprint density at radius 2 is 1.88 bits per heavy atom. The molecule has 1 aliphatic carbocycles. The van der Waals surface area contributed by atoms with Crippen molar-refractivity contribution in [1.29, 1.82) is 0 Å². The summed E-state index contributed by atoms with van der Waals surface area (Å²) in [6.45, 7) is 0. The van der Waals surface area contributed by atoms with Crippen LogP contribution in [0.3, 0.4) is 0 Å². The molecule has 1 fully saturated rings. The highest BCUT2D eigenvalue weighted by atomic mass is 16.4. The molecule has 86 valence electrons. The zero-order chi connectivity index (χ0) is 11.5. The van der Waals surface area contributed by atoms with Gasteiger partial charge in [-0.25, -0.2) is 0 Å². The molecule has 1 saturated carbocycles. The SMILES string of the molecule is O=c1cc(B(O)O)cc(C2CCCCC2)[nH]1. The molecule has 0 saturated heterocycles. The minimum atomic E-state index is -1.57. The second-order valence-electron chi connectivity index (χ2n) is 4.44. The number of nitrogens with one attached hydrogen (secondary N) is 1. The third kappa shape index (κ3) is 2.54. The van der Waals surface area contributed by atoms with Crippen molar-refractivity contribution >= 4 is 12.6 Å². The quantitative estimate of drug-likeness (QED) is 0.620. The van der Waals surface area contributed by atoms with Gasteiger partial charge in [0.25, 0.3) is 0 Å². The average molecular weight is 221 g/mol. The lowest BCUT2D eigenvalue weighted by molar-refractivity contribution is 0.424. The molecule has 16 heavy (non-hydrogen) atoms. The van der Waals surface area contributed by atoms with Gasteiger partial charge in [-0.3, -0.25) is 4.79 Å². The minimum absolute atomic E-state index is 0.258. The molecule has 1 aromatic rings. The van der Waals surface area contributed by atoms with E-state index >= 15 is 0 Å². The van der Waals surface area contributed by atoms with Crippen LogP contribution in [-0.2, 0) is 0 Å². The Morgan fingerprint density at radius 1 is 1.19 bits per heavy atom. The zero-order valence-electron chi connectivity index (χ0n) is 9.15. The highest BCUT2D eigenvalue weighted by Crippen LogP contribution is 2.30. The number of hydrogen-bond acceptors (Lipinski definition) is 3. The third-order valence-corrected chi connectivity index (χ3v) is 3.23. The van der Waals surface area contributed by atoms with Gasteiger partial charge in [0.15, 0.2) is 0 Å². The number of pyridine rings is 1. The molecule has 0 aromatic carbocycles. The normalized spacial score (nSPS) is 17.4. The molecule has 5 heteroatoms. The first kappa shape index (κ1) is 11.4. The molecule has 3 N–H and O–H groups in total. The van der Waals surface area contributed by atoms with Crippen LogP contribution in [-0.4, -0.2) is 22.2 Å². The monoisotopic (exact) mass is 221 g/mol. The maximum atomic E-state index is 11.4. The first-order valence-electron chi connectivity index (χ1n) is 5.77. The van der Waals surface area contributed by atoms with E-state index < -0.39 is 7.12 Å². The van der Waals surface area contributed by atoms with Crippen molar-refractivity contribution in [3.05, 3.63) is 28.2 Å². The van der Waals surface area contributed by atoms with Crippen LogP contribution in [0.5, 0.6) is 0 Å². The van der Waals surface area contributed by atoms with E-state index in [1.807, 2.05) is 0 Å². The van der Waals surface area contributed by atoms with Crippen molar-refractivity contribution in [1.82, 2.24) is 4.98 Å². The molecule has 0 atom stereocenters. The van der Waals surface area contributed by atoms with Crippen molar-refractivity contribution < 1.29 is 10.0 Å². The summed E-state index contributed by atoms with van der Waals surface area (Å²) in [5, 5.41) is 18.1. The maximum absolute atomic E-state index is 11.4. The standard InChI is InChI=1S/C11H16BNO3/c14-11-7-9(12(15)16)6-10(13-11)8-4-2-1-3-5-8/h6-8,15-16H,1-5H2,(H,13,14). The van der Waals surface area contributed by atoms with E-state index in [0.717, 1.165) is 18.5 Å². The molecule has 1 aromatic heterocycles. The highest BCUT2D eigenvalue weighted by molar-refractivity contribution is 6.58. The first-order chi connectivity index (χ1) is 7.66. The number of aromatic amines is 1. The Hall–Kier alpha value is -1.07. The van der Waals surface area contributed by atoms with Crippen LogP contribution in [0.15, 0.2) is 16.9 Å². The van der Waals surface area contributed by atoms with Crippen molar-refractivity contribution in [3.63, 3.8) is 0 Å². The fraction of sp³-hybridized carbons (Fsp3) is 0.545. The predicted molar refractivity (Wildman–Crippen MR) is 62.7 cm³/mol. The van der Waals surface area contributed by atoms with Crippen LogP contribution in [0.25, 0.3) is 0 Å². The van der Waals surface area contributed by atoms with Crippen molar-refractivity contribution in [2.24, 2.45) is 0 Å². The molecule has 2 rings (SSSR count). The Balaban J connectivity index is 2.29. The molecule has 0 amide bonds. The van der Waals surface area contributed by atoms with Crippen molar-refractivity contribution in [2.75, 3.05) is 0 Å². The Kier molecular flexibility index (Phi) is 3.46. The highest BCUT2D eigenvalue weighted by Gasteiger charge is 2.19. The van der Waals surface area contributed by atoms with Gasteiger partial charge in [0, 0.05) is 11.8 Å². The predicted octanol–water partition coefficient (Wildman–Crippen LogP) is 0.102. The summed E-state index contributed by atoms with van der Waals surface area (Å²) in [5.74, 6) is 0.361. The molecule has 1 heterocycles. The summed E-state index contributed by atoms with van der Waals surface area (Å²) in [5.41, 5.74) is 0.866. The number of aromatic nitrogens is 1. The summed E-state index contributed by atoms with van der Waals surface area (Å²) in [4.78, 5) is 14.2. The van der Waals surface area contributed by atoms with Crippen LogP contribution in [0.4, 0.5) is 0 Å². The molecule has 0 radical (unpaired) electrons. The summed E-state index contributed by atoms with van der Waals surface area (Å²) < 4.78 is 0. The lowest BCUT2D eigenvalue weighted by atomic mass is 9.78. The van der Waals surface area contributed by atoms with Gasteiger partial charge in [-0.05, 0) is 30.3 Å². The van der Waals surface area contributed by atoms with E-state index in [2.05, 4.69) is 4.98 Å². The van der Waals surface area contributed by atoms with E-state index in [-0.39, 0.29) is 11.0 Å². The van der Waals surface area contributed by atoms with Crippen LogP contribution < -0.4 is 11.0 Å². The van der Waals surface area contributed by atoms with Gasteiger partial charge < -0.3 is 15.0 Å². The van der Waals surface area contributed by atoms with Crippen molar-refractivity contribution in [2.45, 2.75) is 38.0 Å². The molecule has 0 bridgehead atoms. The molecule has 1 aliphatic rings. The third-order valence-electron chi connectivity index (χ3n) is 3.23. The lowest BCUT2D eigenvalue weighted by Crippen LogP contribution is -2.34. The minimum Gasteiger partial charge on any atom is -0.423 e. The van der Waals surface area contributed by atoms with E-state index in [9.17, 15) is 4.79 Å². The van der Waals surface area contributed by atoms with E-state index in [0.29, 0.717) is 5.92 Å². The summed E-state index contributed by atoms with van der Waals surface area (Å²) in [6, 6.07) is 2.93. The molecule has 0 unspecified atom stereocenters.